The van der Waals surface area contributed by atoms with E-state index in [0.717, 1.165) is 0 Å². The molecule has 2 heterocycles. The molecule has 0 bridgehead atoms. The van der Waals surface area contributed by atoms with Gasteiger partial charge in [-0.3, -0.25) is 14.2 Å². The summed E-state index contributed by atoms with van der Waals surface area (Å²) >= 11 is 3.35. The molecule has 0 aliphatic rings. The molecule has 4 rings (SSSR count). The van der Waals surface area contributed by atoms with Gasteiger partial charge in [-0.25, -0.2) is 18.8 Å². The van der Waals surface area contributed by atoms with Crippen LogP contribution in [0.1, 0.15) is 28.4 Å². The van der Waals surface area contributed by atoms with Crippen LogP contribution in [0, 0.1) is 11.6 Å². The number of aromatic nitrogens is 2. The molecule has 160 valence electrons. The number of hydrogen-bond donors (Lipinski definition) is 0. The standard InChI is InChI=1S/C24H16BrF2N3O2/c1-14(16-4-8-20(27)9-5-16)29-23(31)21-11-17-10-18(25)12-28-22(17)30(24(21)32)13-15-2-6-19(26)7-3-15/h2-12H,13H2,1H3/b29-14+. The lowest BCUT2D eigenvalue weighted by molar-refractivity contribution is 0.100. The Kier molecular flexibility index (Phi) is 6.05. The van der Waals surface area contributed by atoms with E-state index in [1.54, 1.807) is 31.3 Å². The molecular formula is C24H16BrF2N3O2. The van der Waals surface area contributed by atoms with Gasteiger partial charge in [0.25, 0.3) is 11.5 Å². The zero-order valence-corrected chi connectivity index (χ0v) is 18.4. The maximum atomic E-state index is 13.3. The molecule has 2 aromatic heterocycles. The topological polar surface area (TPSA) is 64.3 Å². The van der Waals surface area contributed by atoms with Gasteiger partial charge in [0.1, 0.15) is 22.8 Å². The van der Waals surface area contributed by atoms with E-state index < -0.39 is 17.3 Å². The number of aliphatic imine (C=N–C) groups is 1. The number of carbonyl (C=O) groups is 1. The Hall–Kier alpha value is -3.52. The summed E-state index contributed by atoms with van der Waals surface area (Å²) in [7, 11) is 0. The first-order chi connectivity index (χ1) is 15.3. The van der Waals surface area contributed by atoms with Crippen molar-refractivity contribution in [2.75, 3.05) is 0 Å². The molecule has 0 fully saturated rings. The lowest BCUT2D eigenvalue weighted by Gasteiger charge is -2.12. The molecule has 0 saturated heterocycles. The van der Waals surface area contributed by atoms with Crippen LogP contribution < -0.4 is 5.56 Å². The largest absolute Gasteiger partial charge is 0.288 e. The summed E-state index contributed by atoms with van der Waals surface area (Å²) in [5, 5.41) is 0.569. The Morgan fingerprint density at radius 3 is 2.31 bits per heavy atom. The summed E-state index contributed by atoms with van der Waals surface area (Å²) in [6.07, 6.45) is 1.56. The number of carbonyl (C=O) groups excluding carboxylic acids is 1. The molecular weight excluding hydrogens is 480 g/mol. The van der Waals surface area contributed by atoms with Crippen LogP contribution in [0.3, 0.4) is 0 Å². The van der Waals surface area contributed by atoms with E-state index in [9.17, 15) is 18.4 Å². The SMILES string of the molecule is C/C(=N\C(=O)c1cc2cc(Br)cnc2n(Cc2ccc(F)cc2)c1=O)c1ccc(F)cc1. The highest BCUT2D eigenvalue weighted by molar-refractivity contribution is 9.10. The predicted molar refractivity (Wildman–Crippen MR) is 122 cm³/mol. The first kappa shape index (κ1) is 21.7. The Morgan fingerprint density at radius 2 is 1.66 bits per heavy atom. The normalized spacial score (nSPS) is 11.7. The third-order valence-corrected chi connectivity index (χ3v) is 5.34. The zero-order valence-electron chi connectivity index (χ0n) is 16.8. The molecule has 8 heteroatoms. The van der Waals surface area contributed by atoms with E-state index in [2.05, 4.69) is 25.9 Å². The van der Waals surface area contributed by atoms with Crippen molar-refractivity contribution in [1.29, 1.82) is 0 Å². The molecule has 0 radical (unpaired) electrons. The number of hydrogen-bond acceptors (Lipinski definition) is 3. The number of pyridine rings is 2. The third-order valence-electron chi connectivity index (χ3n) is 4.91. The van der Waals surface area contributed by atoms with E-state index in [1.807, 2.05) is 0 Å². The summed E-state index contributed by atoms with van der Waals surface area (Å²) in [6, 6.07) is 14.5. The van der Waals surface area contributed by atoms with Crippen molar-refractivity contribution in [1.82, 2.24) is 9.55 Å². The van der Waals surface area contributed by atoms with Crippen LogP contribution in [-0.4, -0.2) is 21.2 Å². The van der Waals surface area contributed by atoms with Gasteiger partial charge in [0.2, 0.25) is 0 Å². The Balaban J connectivity index is 1.82. The van der Waals surface area contributed by atoms with Crippen LogP contribution >= 0.6 is 15.9 Å². The Labute approximate surface area is 190 Å². The molecule has 5 nitrogen and oxygen atoms in total. The second kappa shape index (κ2) is 8.92. The lowest BCUT2D eigenvalue weighted by Crippen LogP contribution is -2.27. The molecule has 2 aromatic carbocycles. The van der Waals surface area contributed by atoms with Gasteiger partial charge in [-0.1, -0.05) is 24.3 Å². The highest BCUT2D eigenvalue weighted by Gasteiger charge is 2.17. The van der Waals surface area contributed by atoms with Crippen molar-refractivity contribution in [2.24, 2.45) is 4.99 Å². The molecule has 0 aliphatic heterocycles. The fourth-order valence-electron chi connectivity index (χ4n) is 3.28. The average molecular weight is 496 g/mol. The molecule has 0 atom stereocenters. The molecule has 0 spiro atoms. The zero-order chi connectivity index (χ0) is 22.8. The quantitative estimate of drug-likeness (QED) is 0.368. The van der Waals surface area contributed by atoms with E-state index in [4.69, 9.17) is 0 Å². The van der Waals surface area contributed by atoms with Crippen molar-refractivity contribution >= 4 is 38.6 Å². The minimum absolute atomic E-state index is 0.103. The minimum Gasteiger partial charge on any atom is -0.288 e. The molecule has 0 saturated carbocycles. The van der Waals surface area contributed by atoms with E-state index in [-0.39, 0.29) is 17.9 Å². The fraction of sp³-hybridized carbons (Fsp3) is 0.0833. The smallest absolute Gasteiger partial charge is 0.282 e. The van der Waals surface area contributed by atoms with Gasteiger partial charge in [0.05, 0.1) is 6.54 Å². The molecule has 0 unspecified atom stereocenters. The second-order valence-corrected chi connectivity index (χ2v) is 8.07. The molecule has 4 aromatic rings. The molecule has 1 amide bonds. The van der Waals surface area contributed by atoms with Crippen LogP contribution in [0.4, 0.5) is 8.78 Å². The summed E-state index contributed by atoms with van der Waals surface area (Å²) in [5.41, 5.74) is 1.30. The van der Waals surface area contributed by atoms with E-state index >= 15 is 0 Å². The minimum atomic E-state index is -0.716. The van der Waals surface area contributed by atoms with Crippen molar-refractivity contribution in [3.8, 4) is 0 Å². The van der Waals surface area contributed by atoms with Gasteiger partial charge in [-0.2, -0.15) is 0 Å². The lowest BCUT2D eigenvalue weighted by atomic mass is 10.1. The molecule has 0 aliphatic carbocycles. The Bertz CT molecular complexity index is 1410. The molecule has 0 N–H and O–H groups in total. The van der Waals surface area contributed by atoms with Crippen molar-refractivity contribution in [3.05, 3.63) is 110 Å². The first-order valence-corrected chi connectivity index (χ1v) is 10.4. The number of benzene rings is 2. The van der Waals surface area contributed by atoms with Crippen LogP contribution in [0.2, 0.25) is 0 Å². The van der Waals surface area contributed by atoms with Crippen LogP contribution in [-0.2, 0) is 6.54 Å². The first-order valence-electron chi connectivity index (χ1n) is 9.61. The number of rotatable bonds is 4. The highest BCUT2D eigenvalue weighted by Crippen LogP contribution is 2.19. The van der Waals surface area contributed by atoms with Gasteiger partial charge in [-0.15, -0.1) is 0 Å². The maximum absolute atomic E-state index is 13.3. The highest BCUT2D eigenvalue weighted by atomic mass is 79.9. The number of nitrogens with zero attached hydrogens (tertiary/aromatic N) is 3. The Morgan fingerprint density at radius 1 is 1.03 bits per heavy atom. The monoisotopic (exact) mass is 495 g/mol. The maximum Gasteiger partial charge on any atom is 0.282 e. The van der Waals surface area contributed by atoms with E-state index in [0.29, 0.717) is 32.3 Å². The molecule has 32 heavy (non-hydrogen) atoms. The van der Waals surface area contributed by atoms with Gasteiger partial charge in [-0.05, 0) is 70.4 Å². The van der Waals surface area contributed by atoms with Crippen LogP contribution in [0.25, 0.3) is 11.0 Å². The number of halogens is 3. The van der Waals surface area contributed by atoms with Gasteiger partial charge < -0.3 is 0 Å². The summed E-state index contributed by atoms with van der Waals surface area (Å²) < 4.78 is 28.5. The van der Waals surface area contributed by atoms with Crippen molar-refractivity contribution < 1.29 is 13.6 Å². The van der Waals surface area contributed by atoms with Gasteiger partial charge in [0, 0.05) is 21.8 Å². The number of fused-ring (bicyclic) bond motifs is 1. The summed E-state index contributed by atoms with van der Waals surface area (Å²) in [6.45, 7) is 1.72. The van der Waals surface area contributed by atoms with Crippen LogP contribution in [0.15, 0.2) is 81.1 Å². The van der Waals surface area contributed by atoms with Crippen LogP contribution in [0.5, 0.6) is 0 Å². The van der Waals surface area contributed by atoms with Gasteiger partial charge >= 0.3 is 0 Å². The summed E-state index contributed by atoms with van der Waals surface area (Å²) in [4.78, 5) is 34.6. The fourth-order valence-corrected chi connectivity index (χ4v) is 3.63. The third kappa shape index (κ3) is 4.55. The predicted octanol–water partition coefficient (Wildman–Crippen LogP) is 5.13. The second-order valence-electron chi connectivity index (χ2n) is 7.15. The average Bonchev–Trinajstić information content (AvgIpc) is 2.77. The number of amides is 1. The van der Waals surface area contributed by atoms with Crippen molar-refractivity contribution in [2.45, 2.75) is 13.5 Å². The summed E-state index contributed by atoms with van der Waals surface area (Å²) in [5.74, 6) is -1.50. The van der Waals surface area contributed by atoms with E-state index in [1.165, 1.54) is 47.0 Å². The van der Waals surface area contributed by atoms with Gasteiger partial charge in [0.15, 0.2) is 0 Å². The van der Waals surface area contributed by atoms with Crippen molar-refractivity contribution in [3.63, 3.8) is 0 Å².